The minimum Gasteiger partial charge on any atom is -0.455 e. The summed E-state index contributed by atoms with van der Waals surface area (Å²) >= 11 is 0. The minimum atomic E-state index is -3.54. The fourth-order valence-electron chi connectivity index (χ4n) is 3.28. The molecule has 1 amide bonds. The molecule has 1 aromatic heterocycles. The van der Waals surface area contributed by atoms with Crippen LogP contribution < -0.4 is 5.32 Å². The van der Waals surface area contributed by atoms with E-state index in [-0.39, 0.29) is 40.0 Å². The van der Waals surface area contributed by atoms with Gasteiger partial charge in [0.2, 0.25) is 0 Å². The first-order chi connectivity index (χ1) is 14.3. The standard InChI is InChI=1S/C24H27NO4S/c1-4-18-10-12-19(13-11-18)23(17(2)3)25-24(26)22-15-14-20(29-22)16-30(27,28)21-8-6-5-7-9-21/h5-15,17,23H,4,16H2,1-3H3,(H,25,26). The third kappa shape index (κ3) is 5.19. The Labute approximate surface area is 178 Å². The Balaban J connectivity index is 1.73. The lowest BCUT2D eigenvalue weighted by Crippen LogP contribution is -2.31. The second kappa shape index (κ2) is 9.30. The number of hydrogen-bond donors (Lipinski definition) is 1. The van der Waals surface area contributed by atoms with Crippen molar-refractivity contribution >= 4 is 15.7 Å². The van der Waals surface area contributed by atoms with Crippen LogP contribution in [0.25, 0.3) is 0 Å². The fraction of sp³-hybridized carbons (Fsp3) is 0.292. The summed E-state index contributed by atoms with van der Waals surface area (Å²) in [5.74, 6) is -0.149. The van der Waals surface area contributed by atoms with E-state index in [4.69, 9.17) is 4.42 Å². The third-order valence-electron chi connectivity index (χ3n) is 5.02. The molecule has 6 heteroatoms. The second-order valence-electron chi connectivity index (χ2n) is 7.63. The molecule has 158 valence electrons. The van der Waals surface area contributed by atoms with Crippen molar-refractivity contribution < 1.29 is 17.6 Å². The van der Waals surface area contributed by atoms with Crippen molar-refractivity contribution in [3.63, 3.8) is 0 Å². The highest BCUT2D eigenvalue weighted by molar-refractivity contribution is 7.90. The average molecular weight is 426 g/mol. The van der Waals surface area contributed by atoms with Crippen molar-refractivity contribution in [2.45, 2.75) is 43.9 Å². The second-order valence-corrected chi connectivity index (χ2v) is 9.62. The predicted molar refractivity (Wildman–Crippen MR) is 117 cm³/mol. The SMILES string of the molecule is CCc1ccc(C(NC(=O)c2ccc(CS(=O)(=O)c3ccccc3)o2)C(C)C)cc1. The maximum atomic E-state index is 12.8. The molecule has 1 heterocycles. The average Bonchev–Trinajstić information content (AvgIpc) is 3.20. The Hall–Kier alpha value is -2.86. The topological polar surface area (TPSA) is 76.4 Å². The summed E-state index contributed by atoms with van der Waals surface area (Å²) in [7, 11) is -3.54. The van der Waals surface area contributed by atoms with E-state index in [9.17, 15) is 13.2 Å². The molecule has 3 rings (SSSR count). The number of rotatable bonds is 8. The first-order valence-electron chi connectivity index (χ1n) is 10.1. The van der Waals surface area contributed by atoms with Gasteiger partial charge in [0.05, 0.1) is 10.9 Å². The molecule has 0 aliphatic rings. The third-order valence-corrected chi connectivity index (χ3v) is 6.68. The van der Waals surface area contributed by atoms with Gasteiger partial charge in [-0.05, 0) is 47.7 Å². The highest BCUT2D eigenvalue weighted by Gasteiger charge is 2.23. The van der Waals surface area contributed by atoms with Crippen LogP contribution in [0.15, 0.2) is 76.0 Å². The summed E-state index contributed by atoms with van der Waals surface area (Å²) in [5.41, 5.74) is 2.26. The molecule has 1 N–H and O–H groups in total. The van der Waals surface area contributed by atoms with Crippen LogP contribution in [0.5, 0.6) is 0 Å². The van der Waals surface area contributed by atoms with Crippen molar-refractivity contribution in [2.75, 3.05) is 0 Å². The smallest absolute Gasteiger partial charge is 0.287 e. The van der Waals surface area contributed by atoms with Crippen molar-refractivity contribution in [1.82, 2.24) is 5.32 Å². The van der Waals surface area contributed by atoms with Crippen LogP contribution in [0, 0.1) is 5.92 Å². The van der Waals surface area contributed by atoms with E-state index in [1.807, 2.05) is 26.0 Å². The molecule has 0 bridgehead atoms. The number of amides is 1. The van der Waals surface area contributed by atoms with Gasteiger partial charge in [0.15, 0.2) is 15.6 Å². The monoisotopic (exact) mass is 425 g/mol. The molecule has 1 unspecified atom stereocenters. The van der Waals surface area contributed by atoms with E-state index in [1.165, 1.54) is 17.7 Å². The first kappa shape index (κ1) is 21.8. The molecule has 3 aromatic rings. The fourth-order valence-corrected chi connectivity index (χ4v) is 4.55. The van der Waals surface area contributed by atoms with E-state index in [0.717, 1.165) is 12.0 Å². The van der Waals surface area contributed by atoms with E-state index in [1.54, 1.807) is 30.3 Å². The minimum absolute atomic E-state index is 0.101. The maximum Gasteiger partial charge on any atom is 0.287 e. The summed E-state index contributed by atoms with van der Waals surface area (Å²) < 4.78 is 30.6. The Bertz CT molecular complexity index is 1080. The number of sulfone groups is 1. The predicted octanol–water partition coefficient (Wildman–Crippen LogP) is 4.94. The van der Waals surface area contributed by atoms with Gasteiger partial charge in [-0.2, -0.15) is 0 Å². The van der Waals surface area contributed by atoms with Crippen LogP contribution in [0.3, 0.4) is 0 Å². The first-order valence-corrected chi connectivity index (χ1v) is 11.7. The summed E-state index contributed by atoms with van der Waals surface area (Å²) in [6.45, 7) is 6.18. The number of nitrogens with one attached hydrogen (secondary N) is 1. The lowest BCUT2D eigenvalue weighted by molar-refractivity contribution is 0.0896. The number of carbonyl (C=O) groups is 1. The Morgan fingerprint density at radius 3 is 2.23 bits per heavy atom. The molecule has 30 heavy (non-hydrogen) atoms. The normalized spacial score (nSPS) is 12.7. The largest absolute Gasteiger partial charge is 0.455 e. The van der Waals surface area contributed by atoms with Crippen LogP contribution in [-0.2, 0) is 22.0 Å². The van der Waals surface area contributed by atoms with E-state index < -0.39 is 9.84 Å². The molecule has 5 nitrogen and oxygen atoms in total. The maximum absolute atomic E-state index is 12.8. The number of carbonyl (C=O) groups excluding carboxylic acids is 1. The van der Waals surface area contributed by atoms with E-state index >= 15 is 0 Å². The van der Waals surface area contributed by atoms with Crippen molar-refractivity contribution in [3.05, 3.63) is 89.4 Å². The Morgan fingerprint density at radius 2 is 1.63 bits per heavy atom. The summed E-state index contributed by atoms with van der Waals surface area (Å²) in [6.07, 6.45) is 0.958. The van der Waals surface area contributed by atoms with Crippen LogP contribution in [-0.4, -0.2) is 14.3 Å². The van der Waals surface area contributed by atoms with Gasteiger partial charge >= 0.3 is 0 Å². The number of aryl methyl sites for hydroxylation is 1. The molecule has 0 saturated heterocycles. The van der Waals surface area contributed by atoms with E-state index in [0.29, 0.717) is 0 Å². The van der Waals surface area contributed by atoms with Crippen LogP contribution in [0.2, 0.25) is 0 Å². The van der Waals surface area contributed by atoms with Gasteiger partial charge in [-0.3, -0.25) is 4.79 Å². The van der Waals surface area contributed by atoms with Crippen molar-refractivity contribution in [3.8, 4) is 0 Å². The molecular formula is C24H27NO4S. The molecular weight excluding hydrogens is 398 g/mol. The molecule has 0 saturated carbocycles. The molecule has 0 radical (unpaired) electrons. The van der Waals surface area contributed by atoms with Crippen LogP contribution in [0.4, 0.5) is 0 Å². The summed E-state index contributed by atoms with van der Waals surface area (Å²) in [6, 6.07) is 19.3. The zero-order chi connectivity index (χ0) is 21.7. The molecule has 0 spiro atoms. The lowest BCUT2D eigenvalue weighted by Gasteiger charge is -2.22. The van der Waals surface area contributed by atoms with Crippen molar-refractivity contribution in [2.24, 2.45) is 5.92 Å². The van der Waals surface area contributed by atoms with Crippen LogP contribution in [0.1, 0.15) is 54.3 Å². The van der Waals surface area contributed by atoms with Gasteiger partial charge in [-0.25, -0.2) is 8.42 Å². The summed E-state index contributed by atoms with van der Waals surface area (Å²) in [5, 5.41) is 3.01. The van der Waals surface area contributed by atoms with Gasteiger partial charge in [0, 0.05) is 0 Å². The quantitative estimate of drug-likeness (QED) is 0.554. The zero-order valence-corrected chi connectivity index (χ0v) is 18.3. The molecule has 0 aliphatic heterocycles. The number of furan rings is 1. The Morgan fingerprint density at radius 1 is 0.967 bits per heavy atom. The molecule has 1 atom stereocenters. The van der Waals surface area contributed by atoms with Crippen LogP contribution >= 0.6 is 0 Å². The van der Waals surface area contributed by atoms with Gasteiger partial charge in [0.1, 0.15) is 11.5 Å². The van der Waals surface area contributed by atoms with Gasteiger partial charge in [-0.15, -0.1) is 0 Å². The molecule has 2 aromatic carbocycles. The highest BCUT2D eigenvalue weighted by atomic mass is 32.2. The lowest BCUT2D eigenvalue weighted by atomic mass is 9.95. The van der Waals surface area contributed by atoms with E-state index in [2.05, 4.69) is 24.4 Å². The Kier molecular flexibility index (Phi) is 6.77. The number of benzene rings is 2. The van der Waals surface area contributed by atoms with Crippen molar-refractivity contribution in [1.29, 1.82) is 0 Å². The zero-order valence-electron chi connectivity index (χ0n) is 17.5. The number of hydrogen-bond acceptors (Lipinski definition) is 4. The molecule has 0 fully saturated rings. The van der Waals surface area contributed by atoms with Gasteiger partial charge in [-0.1, -0.05) is 63.2 Å². The van der Waals surface area contributed by atoms with Gasteiger partial charge in [0.25, 0.3) is 5.91 Å². The highest BCUT2D eigenvalue weighted by Crippen LogP contribution is 2.24. The summed E-state index contributed by atoms with van der Waals surface area (Å²) in [4.78, 5) is 13.0. The molecule has 0 aliphatic carbocycles. The van der Waals surface area contributed by atoms with Gasteiger partial charge < -0.3 is 9.73 Å².